The van der Waals surface area contributed by atoms with E-state index in [0.29, 0.717) is 33.8 Å². The first kappa shape index (κ1) is 23.1. The molecular formula is C27H28N4O3. The average Bonchev–Trinajstić information content (AvgIpc) is 3.14. The molecule has 1 heterocycles. The molecule has 7 nitrogen and oxygen atoms in total. The van der Waals surface area contributed by atoms with Gasteiger partial charge in [-0.1, -0.05) is 42.5 Å². The van der Waals surface area contributed by atoms with Gasteiger partial charge < -0.3 is 26.0 Å². The zero-order valence-electron chi connectivity index (χ0n) is 19.5. The molecule has 0 fully saturated rings. The number of nitrogens with two attached hydrogens (primary N) is 1. The minimum Gasteiger partial charge on any atom is -0.462 e. The zero-order chi connectivity index (χ0) is 24.2. The van der Waals surface area contributed by atoms with Gasteiger partial charge >= 0.3 is 5.97 Å². The van der Waals surface area contributed by atoms with Crippen LogP contribution in [0, 0.1) is 0 Å². The summed E-state index contributed by atoms with van der Waals surface area (Å²) in [4.78, 5) is 27.3. The number of carbonyl (C=O) groups excluding carboxylic acids is 2. The van der Waals surface area contributed by atoms with Gasteiger partial charge in [0.15, 0.2) is 0 Å². The Balaban J connectivity index is 1.79. The Morgan fingerprint density at radius 3 is 2.47 bits per heavy atom. The number of nitrogen functional groups attached to an aromatic ring is 1. The van der Waals surface area contributed by atoms with Crippen molar-refractivity contribution < 1.29 is 14.3 Å². The van der Waals surface area contributed by atoms with Crippen LogP contribution in [0.2, 0.25) is 0 Å². The second kappa shape index (κ2) is 9.80. The van der Waals surface area contributed by atoms with Crippen molar-refractivity contribution in [2.75, 3.05) is 37.1 Å². The summed E-state index contributed by atoms with van der Waals surface area (Å²) in [6.45, 7) is 2.77. The standard InChI is InChI=1S/C27H28N4O3/c1-4-34-27(33)18-11-13-21-23(14-18)30-26(32)24(21)25(17-8-6-5-7-9-17)29-20-12-10-19(16-31(2)3)22(28)15-20/h5-15,29H,4,16,28H2,1-3H3,(H,30,32)/b25-24-. The van der Waals surface area contributed by atoms with Gasteiger partial charge in [0, 0.05) is 23.5 Å². The lowest BCUT2D eigenvalue weighted by molar-refractivity contribution is -0.110. The van der Waals surface area contributed by atoms with E-state index in [0.717, 1.165) is 23.4 Å². The van der Waals surface area contributed by atoms with Gasteiger partial charge in [-0.05, 0) is 56.4 Å². The van der Waals surface area contributed by atoms with Crippen LogP contribution in [0.15, 0.2) is 66.7 Å². The van der Waals surface area contributed by atoms with E-state index < -0.39 is 5.97 Å². The Morgan fingerprint density at radius 1 is 1.03 bits per heavy atom. The molecule has 0 atom stereocenters. The summed E-state index contributed by atoms with van der Waals surface area (Å²) in [6, 6.07) is 20.6. The van der Waals surface area contributed by atoms with Crippen molar-refractivity contribution in [3.05, 3.63) is 89.0 Å². The van der Waals surface area contributed by atoms with E-state index in [2.05, 4.69) is 15.5 Å². The van der Waals surface area contributed by atoms with E-state index in [1.807, 2.05) is 62.6 Å². The van der Waals surface area contributed by atoms with E-state index in [1.165, 1.54) is 0 Å². The maximum atomic E-state index is 13.1. The predicted molar refractivity (Wildman–Crippen MR) is 136 cm³/mol. The van der Waals surface area contributed by atoms with Gasteiger partial charge in [-0.15, -0.1) is 0 Å². The lowest BCUT2D eigenvalue weighted by atomic mass is 9.99. The molecule has 3 aromatic rings. The number of hydrogen-bond donors (Lipinski definition) is 3. The number of amides is 1. The van der Waals surface area contributed by atoms with Crippen LogP contribution >= 0.6 is 0 Å². The van der Waals surface area contributed by atoms with Gasteiger partial charge in [0.25, 0.3) is 5.91 Å². The molecule has 0 saturated carbocycles. The average molecular weight is 457 g/mol. The van der Waals surface area contributed by atoms with Crippen molar-refractivity contribution in [2.24, 2.45) is 0 Å². The third kappa shape index (κ3) is 4.79. The minimum absolute atomic E-state index is 0.250. The number of nitrogens with one attached hydrogen (secondary N) is 2. The lowest BCUT2D eigenvalue weighted by Gasteiger charge is -2.17. The van der Waals surface area contributed by atoms with Crippen LogP contribution in [0.3, 0.4) is 0 Å². The number of anilines is 3. The van der Waals surface area contributed by atoms with Crippen LogP contribution in [0.1, 0.15) is 34.0 Å². The molecule has 174 valence electrons. The minimum atomic E-state index is -0.424. The van der Waals surface area contributed by atoms with Crippen LogP contribution in [0.25, 0.3) is 11.3 Å². The number of carbonyl (C=O) groups is 2. The maximum absolute atomic E-state index is 13.1. The number of benzene rings is 3. The van der Waals surface area contributed by atoms with Gasteiger partial charge in [-0.25, -0.2) is 4.79 Å². The Labute approximate surface area is 199 Å². The van der Waals surface area contributed by atoms with Gasteiger partial charge in [0.2, 0.25) is 0 Å². The fourth-order valence-corrected chi connectivity index (χ4v) is 3.95. The third-order valence-corrected chi connectivity index (χ3v) is 5.49. The topological polar surface area (TPSA) is 96.7 Å². The summed E-state index contributed by atoms with van der Waals surface area (Å²) in [5.41, 5.74) is 12.4. The monoisotopic (exact) mass is 456 g/mol. The largest absolute Gasteiger partial charge is 0.462 e. The summed E-state index contributed by atoms with van der Waals surface area (Å²) in [5, 5.41) is 6.31. The molecule has 0 bridgehead atoms. The summed E-state index contributed by atoms with van der Waals surface area (Å²) >= 11 is 0. The first-order valence-corrected chi connectivity index (χ1v) is 11.1. The number of nitrogens with zero attached hydrogens (tertiary/aromatic N) is 1. The summed E-state index contributed by atoms with van der Waals surface area (Å²) in [7, 11) is 3.99. The van der Waals surface area contributed by atoms with E-state index in [1.54, 1.807) is 25.1 Å². The normalized spacial score (nSPS) is 13.9. The molecule has 3 aromatic carbocycles. The summed E-state index contributed by atoms with van der Waals surface area (Å²) in [5.74, 6) is -0.675. The maximum Gasteiger partial charge on any atom is 0.338 e. The van der Waals surface area contributed by atoms with E-state index >= 15 is 0 Å². The molecular weight excluding hydrogens is 428 g/mol. The highest BCUT2D eigenvalue weighted by atomic mass is 16.5. The van der Waals surface area contributed by atoms with Crippen LogP contribution in [0.4, 0.5) is 17.1 Å². The van der Waals surface area contributed by atoms with Crippen molar-refractivity contribution in [3.63, 3.8) is 0 Å². The highest BCUT2D eigenvalue weighted by Gasteiger charge is 2.29. The van der Waals surface area contributed by atoms with Crippen LogP contribution in [-0.4, -0.2) is 37.5 Å². The molecule has 1 amide bonds. The predicted octanol–water partition coefficient (Wildman–Crippen LogP) is 4.44. The van der Waals surface area contributed by atoms with Crippen LogP contribution in [-0.2, 0) is 16.1 Å². The van der Waals surface area contributed by atoms with Crippen LogP contribution in [0.5, 0.6) is 0 Å². The molecule has 1 aliphatic heterocycles. The number of esters is 1. The fourth-order valence-electron chi connectivity index (χ4n) is 3.95. The van der Waals surface area contributed by atoms with Crippen molar-refractivity contribution in [1.29, 1.82) is 0 Å². The molecule has 4 N–H and O–H groups in total. The molecule has 1 aliphatic rings. The first-order valence-electron chi connectivity index (χ1n) is 11.1. The van der Waals surface area contributed by atoms with Crippen LogP contribution < -0.4 is 16.4 Å². The fraction of sp³-hybridized carbons (Fsp3) is 0.185. The van der Waals surface area contributed by atoms with Crippen molar-refractivity contribution in [3.8, 4) is 0 Å². The SMILES string of the molecule is CCOC(=O)c1ccc2c(c1)NC(=O)/C2=C(\Nc1ccc(CN(C)C)c(N)c1)c1ccccc1. The number of fused-ring (bicyclic) bond motifs is 1. The highest BCUT2D eigenvalue weighted by Crippen LogP contribution is 2.38. The Hall–Kier alpha value is -4.10. The summed E-state index contributed by atoms with van der Waals surface area (Å²) in [6.07, 6.45) is 0. The van der Waals surface area contributed by atoms with Crippen molar-refractivity contribution >= 4 is 40.2 Å². The van der Waals surface area contributed by atoms with Gasteiger partial charge in [-0.2, -0.15) is 0 Å². The quantitative estimate of drug-likeness (QED) is 0.276. The highest BCUT2D eigenvalue weighted by molar-refractivity contribution is 6.37. The van der Waals surface area contributed by atoms with E-state index in [-0.39, 0.29) is 12.5 Å². The van der Waals surface area contributed by atoms with Gasteiger partial charge in [0.1, 0.15) is 0 Å². The molecule has 0 saturated heterocycles. The Kier molecular flexibility index (Phi) is 6.65. The van der Waals surface area contributed by atoms with E-state index in [9.17, 15) is 9.59 Å². The molecule has 0 spiro atoms. The number of rotatable bonds is 7. The Bertz CT molecular complexity index is 1270. The third-order valence-electron chi connectivity index (χ3n) is 5.49. The Morgan fingerprint density at radius 2 is 1.79 bits per heavy atom. The lowest BCUT2D eigenvalue weighted by Crippen LogP contribution is -2.13. The second-order valence-electron chi connectivity index (χ2n) is 8.33. The number of hydrogen-bond acceptors (Lipinski definition) is 6. The van der Waals surface area contributed by atoms with E-state index in [4.69, 9.17) is 10.5 Å². The van der Waals surface area contributed by atoms with Gasteiger partial charge in [0.05, 0.1) is 29.1 Å². The molecule has 0 unspecified atom stereocenters. The molecule has 0 aliphatic carbocycles. The molecule has 0 radical (unpaired) electrons. The van der Waals surface area contributed by atoms with Crippen molar-refractivity contribution in [2.45, 2.75) is 13.5 Å². The number of ether oxygens (including phenoxy) is 1. The summed E-state index contributed by atoms with van der Waals surface area (Å²) < 4.78 is 5.09. The van der Waals surface area contributed by atoms with Gasteiger partial charge in [-0.3, -0.25) is 4.79 Å². The molecule has 0 aromatic heterocycles. The first-order chi connectivity index (χ1) is 16.4. The zero-order valence-corrected chi connectivity index (χ0v) is 19.5. The molecule has 7 heteroatoms. The molecule has 4 rings (SSSR count). The smallest absolute Gasteiger partial charge is 0.338 e. The van der Waals surface area contributed by atoms with Crippen molar-refractivity contribution in [1.82, 2.24) is 4.90 Å². The second-order valence-corrected chi connectivity index (χ2v) is 8.33. The molecule has 34 heavy (non-hydrogen) atoms.